The van der Waals surface area contributed by atoms with Gasteiger partial charge in [0.1, 0.15) is 0 Å². The van der Waals surface area contributed by atoms with Crippen LogP contribution in [0, 0.1) is 20.8 Å². The average molecular weight is 390 g/mol. The Morgan fingerprint density at radius 2 is 1.97 bits per heavy atom. The molecule has 2 aromatic carbocycles. The molecule has 4 rings (SSSR count). The van der Waals surface area contributed by atoms with Gasteiger partial charge in [0.2, 0.25) is 11.7 Å². The van der Waals surface area contributed by atoms with Crippen molar-refractivity contribution in [3.63, 3.8) is 0 Å². The van der Waals surface area contributed by atoms with Crippen LogP contribution in [0.1, 0.15) is 41.3 Å². The summed E-state index contributed by atoms with van der Waals surface area (Å²) >= 11 is 0. The van der Waals surface area contributed by atoms with E-state index >= 15 is 0 Å². The number of aryl methyl sites for hydroxylation is 3. The van der Waals surface area contributed by atoms with E-state index in [1.165, 1.54) is 5.56 Å². The third kappa shape index (κ3) is 4.31. The molecule has 6 heteroatoms. The molecule has 0 saturated carbocycles. The predicted octanol–water partition coefficient (Wildman–Crippen LogP) is 5.07. The highest BCUT2D eigenvalue weighted by Gasteiger charge is 2.29. The van der Waals surface area contributed by atoms with Crippen molar-refractivity contribution in [1.29, 1.82) is 0 Å². The number of nitrogens with zero attached hydrogens (tertiary/aromatic N) is 3. The van der Waals surface area contributed by atoms with Gasteiger partial charge in [0, 0.05) is 24.3 Å². The molecule has 1 aliphatic heterocycles. The zero-order valence-corrected chi connectivity index (χ0v) is 17.1. The highest BCUT2D eigenvalue weighted by molar-refractivity contribution is 5.90. The van der Waals surface area contributed by atoms with Crippen LogP contribution in [-0.2, 0) is 0 Å². The van der Waals surface area contributed by atoms with Crippen molar-refractivity contribution in [2.45, 2.75) is 39.5 Å². The van der Waals surface area contributed by atoms with E-state index in [1.807, 2.05) is 62.1 Å². The SMILES string of the molecule is Cc1cccc(-c2noc([C@@H]3CCCN(C(=O)Nc4ccc(C)cc4C)C3)n2)c1. The molecule has 3 aromatic rings. The molecule has 0 aliphatic carbocycles. The van der Waals surface area contributed by atoms with Crippen molar-refractivity contribution in [3.05, 3.63) is 65.0 Å². The normalized spacial score (nSPS) is 16.7. The van der Waals surface area contributed by atoms with E-state index in [-0.39, 0.29) is 11.9 Å². The average Bonchev–Trinajstić information content (AvgIpc) is 3.20. The summed E-state index contributed by atoms with van der Waals surface area (Å²) in [6.45, 7) is 7.40. The summed E-state index contributed by atoms with van der Waals surface area (Å²) in [5, 5.41) is 7.19. The number of hydrogen-bond donors (Lipinski definition) is 1. The van der Waals surface area contributed by atoms with Gasteiger partial charge in [-0.3, -0.25) is 0 Å². The number of rotatable bonds is 3. The summed E-state index contributed by atoms with van der Waals surface area (Å²) in [6, 6.07) is 14.0. The first-order valence-electron chi connectivity index (χ1n) is 10.0. The van der Waals surface area contributed by atoms with Crippen LogP contribution >= 0.6 is 0 Å². The van der Waals surface area contributed by atoms with Crippen LogP contribution < -0.4 is 5.32 Å². The topological polar surface area (TPSA) is 71.3 Å². The maximum atomic E-state index is 12.8. The first-order chi connectivity index (χ1) is 14.0. The first-order valence-corrected chi connectivity index (χ1v) is 10.0. The van der Waals surface area contributed by atoms with Crippen molar-refractivity contribution < 1.29 is 9.32 Å². The number of carbonyl (C=O) groups is 1. The van der Waals surface area contributed by atoms with Crippen molar-refractivity contribution in [3.8, 4) is 11.4 Å². The monoisotopic (exact) mass is 390 g/mol. The lowest BCUT2D eigenvalue weighted by atomic mass is 9.98. The highest BCUT2D eigenvalue weighted by Crippen LogP contribution is 2.28. The number of nitrogens with one attached hydrogen (secondary N) is 1. The standard InChI is InChI=1S/C23H26N4O2/c1-15-6-4-7-18(13-15)21-25-22(29-26-21)19-8-5-11-27(14-19)23(28)24-20-10-9-16(2)12-17(20)3/h4,6-7,9-10,12-13,19H,5,8,11,14H2,1-3H3,(H,24,28)/t19-/m1/s1. The largest absolute Gasteiger partial charge is 0.339 e. The molecular weight excluding hydrogens is 364 g/mol. The molecule has 1 fully saturated rings. The Morgan fingerprint density at radius 1 is 1.14 bits per heavy atom. The molecule has 0 bridgehead atoms. The lowest BCUT2D eigenvalue weighted by Crippen LogP contribution is -2.41. The number of hydrogen-bond acceptors (Lipinski definition) is 4. The minimum absolute atomic E-state index is 0.0553. The number of aromatic nitrogens is 2. The third-order valence-electron chi connectivity index (χ3n) is 5.40. The molecule has 29 heavy (non-hydrogen) atoms. The maximum absolute atomic E-state index is 12.8. The molecule has 0 unspecified atom stereocenters. The Hall–Kier alpha value is -3.15. The van der Waals surface area contributed by atoms with E-state index in [4.69, 9.17) is 4.52 Å². The predicted molar refractivity (Wildman–Crippen MR) is 113 cm³/mol. The Balaban J connectivity index is 1.45. The quantitative estimate of drug-likeness (QED) is 0.677. The van der Waals surface area contributed by atoms with Crippen LogP contribution in [0.3, 0.4) is 0 Å². The summed E-state index contributed by atoms with van der Waals surface area (Å²) in [5.74, 6) is 1.26. The molecule has 0 radical (unpaired) electrons. The minimum atomic E-state index is -0.0833. The van der Waals surface area contributed by atoms with E-state index in [9.17, 15) is 4.79 Å². The van der Waals surface area contributed by atoms with Crippen molar-refractivity contribution in [1.82, 2.24) is 15.0 Å². The molecule has 1 saturated heterocycles. The molecule has 1 N–H and O–H groups in total. The number of benzene rings is 2. The fourth-order valence-corrected chi connectivity index (χ4v) is 3.81. The zero-order chi connectivity index (χ0) is 20.4. The molecule has 150 valence electrons. The molecule has 1 aromatic heterocycles. The van der Waals surface area contributed by atoms with Gasteiger partial charge in [0.25, 0.3) is 0 Å². The van der Waals surface area contributed by atoms with Crippen molar-refractivity contribution in [2.24, 2.45) is 0 Å². The van der Waals surface area contributed by atoms with Crippen LogP contribution in [0.25, 0.3) is 11.4 Å². The summed E-state index contributed by atoms with van der Waals surface area (Å²) in [5.41, 5.74) is 5.19. The summed E-state index contributed by atoms with van der Waals surface area (Å²) < 4.78 is 5.56. The summed E-state index contributed by atoms with van der Waals surface area (Å²) in [7, 11) is 0. The van der Waals surface area contributed by atoms with E-state index < -0.39 is 0 Å². The van der Waals surface area contributed by atoms with Crippen LogP contribution in [0.5, 0.6) is 0 Å². The van der Waals surface area contributed by atoms with Gasteiger partial charge in [-0.25, -0.2) is 4.79 Å². The van der Waals surface area contributed by atoms with E-state index in [0.29, 0.717) is 18.3 Å². The van der Waals surface area contributed by atoms with Gasteiger partial charge >= 0.3 is 6.03 Å². The number of carbonyl (C=O) groups excluding carboxylic acids is 1. The van der Waals surface area contributed by atoms with Gasteiger partial charge in [-0.15, -0.1) is 0 Å². The molecule has 6 nitrogen and oxygen atoms in total. The second-order valence-corrected chi connectivity index (χ2v) is 7.86. The molecule has 0 spiro atoms. The number of piperidine rings is 1. The number of likely N-dealkylation sites (tertiary alicyclic amines) is 1. The molecular formula is C23H26N4O2. The van der Waals surface area contributed by atoms with Gasteiger partial charge in [0.15, 0.2) is 0 Å². The van der Waals surface area contributed by atoms with Crippen LogP contribution in [0.2, 0.25) is 0 Å². The van der Waals surface area contributed by atoms with Crippen LogP contribution in [0.4, 0.5) is 10.5 Å². The molecule has 2 heterocycles. The van der Waals surface area contributed by atoms with E-state index in [0.717, 1.165) is 41.8 Å². The van der Waals surface area contributed by atoms with Crippen LogP contribution in [-0.4, -0.2) is 34.2 Å². The molecule has 2 amide bonds. The molecule has 1 atom stereocenters. The van der Waals surface area contributed by atoms with Gasteiger partial charge in [0.05, 0.1) is 5.92 Å². The lowest BCUT2D eigenvalue weighted by molar-refractivity contribution is 0.184. The highest BCUT2D eigenvalue weighted by atomic mass is 16.5. The maximum Gasteiger partial charge on any atom is 0.321 e. The van der Waals surface area contributed by atoms with Crippen LogP contribution in [0.15, 0.2) is 47.0 Å². The van der Waals surface area contributed by atoms with Gasteiger partial charge < -0.3 is 14.7 Å². The number of urea groups is 1. The smallest absolute Gasteiger partial charge is 0.321 e. The van der Waals surface area contributed by atoms with E-state index in [2.05, 4.69) is 21.5 Å². The Morgan fingerprint density at radius 3 is 2.76 bits per heavy atom. The fourth-order valence-electron chi connectivity index (χ4n) is 3.81. The zero-order valence-electron chi connectivity index (χ0n) is 17.1. The number of amides is 2. The minimum Gasteiger partial charge on any atom is -0.339 e. The van der Waals surface area contributed by atoms with Gasteiger partial charge in [-0.2, -0.15) is 4.98 Å². The second kappa shape index (κ2) is 8.07. The fraction of sp³-hybridized carbons (Fsp3) is 0.348. The summed E-state index contributed by atoms with van der Waals surface area (Å²) in [4.78, 5) is 19.2. The molecule has 1 aliphatic rings. The Bertz CT molecular complexity index is 1030. The Kier molecular flexibility index (Phi) is 5.34. The van der Waals surface area contributed by atoms with E-state index in [1.54, 1.807) is 0 Å². The third-order valence-corrected chi connectivity index (χ3v) is 5.40. The Labute approximate surface area is 170 Å². The lowest BCUT2D eigenvalue weighted by Gasteiger charge is -2.31. The van der Waals surface area contributed by atoms with Gasteiger partial charge in [-0.1, -0.05) is 46.6 Å². The number of anilines is 1. The van der Waals surface area contributed by atoms with Gasteiger partial charge in [-0.05, 0) is 51.3 Å². The summed E-state index contributed by atoms with van der Waals surface area (Å²) in [6.07, 6.45) is 1.84. The van der Waals surface area contributed by atoms with Crippen molar-refractivity contribution >= 4 is 11.7 Å². The van der Waals surface area contributed by atoms with Crippen molar-refractivity contribution in [2.75, 3.05) is 18.4 Å². The first kappa shape index (κ1) is 19.2. The second-order valence-electron chi connectivity index (χ2n) is 7.86.